The van der Waals surface area contributed by atoms with Gasteiger partial charge < -0.3 is 10.3 Å². The summed E-state index contributed by atoms with van der Waals surface area (Å²) in [4.78, 5) is 27.2. The summed E-state index contributed by atoms with van der Waals surface area (Å²) in [5.74, 6) is -0.347. The maximum absolute atomic E-state index is 12.2. The molecule has 0 fully saturated rings. The summed E-state index contributed by atoms with van der Waals surface area (Å²) in [7, 11) is 0. The van der Waals surface area contributed by atoms with Crippen LogP contribution in [0.4, 0.5) is 0 Å². The second-order valence-corrected chi connectivity index (χ2v) is 6.33. The Morgan fingerprint density at radius 1 is 1.12 bits per heavy atom. The van der Waals surface area contributed by atoms with E-state index in [1.165, 1.54) is 0 Å². The number of aromatic nitrogens is 2. The minimum atomic E-state index is -0.347. The zero-order chi connectivity index (χ0) is 16.9. The van der Waals surface area contributed by atoms with Gasteiger partial charge in [-0.2, -0.15) is 0 Å². The molecule has 0 radical (unpaired) electrons. The van der Waals surface area contributed by atoms with Gasteiger partial charge >= 0.3 is 0 Å². The quantitative estimate of drug-likeness (QED) is 0.750. The fourth-order valence-corrected chi connectivity index (χ4v) is 3.11. The second kappa shape index (κ2) is 7.23. The van der Waals surface area contributed by atoms with Crippen LogP contribution in [-0.2, 0) is 11.3 Å². The third kappa shape index (κ3) is 3.78. The molecule has 0 saturated carbocycles. The van der Waals surface area contributed by atoms with Crippen LogP contribution in [0.1, 0.15) is 12.8 Å². The van der Waals surface area contributed by atoms with Gasteiger partial charge in [0.2, 0.25) is 5.91 Å². The SMILES string of the molecule is NC(=O)CCCn1ccc(-c2ccc(-c3nccs3)cc2)cc1=O. The summed E-state index contributed by atoms with van der Waals surface area (Å²) in [5.41, 5.74) is 7.95. The molecule has 0 saturated heterocycles. The van der Waals surface area contributed by atoms with Crippen molar-refractivity contribution in [1.82, 2.24) is 9.55 Å². The maximum Gasteiger partial charge on any atom is 0.251 e. The topological polar surface area (TPSA) is 78.0 Å². The van der Waals surface area contributed by atoms with Crippen LogP contribution in [0.25, 0.3) is 21.7 Å². The Morgan fingerprint density at radius 3 is 2.50 bits per heavy atom. The van der Waals surface area contributed by atoms with Crippen molar-refractivity contribution in [3.05, 3.63) is 64.5 Å². The molecule has 5 nitrogen and oxygen atoms in total. The van der Waals surface area contributed by atoms with Crippen LogP contribution in [0.15, 0.2) is 59.0 Å². The number of carbonyl (C=O) groups excluding carboxylic acids is 1. The Morgan fingerprint density at radius 2 is 1.88 bits per heavy atom. The maximum atomic E-state index is 12.2. The molecule has 0 aliphatic rings. The third-order valence-corrected chi connectivity index (χ3v) is 4.54. The molecule has 1 amide bonds. The van der Waals surface area contributed by atoms with Crippen LogP contribution in [0.3, 0.4) is 0 Å². The Bertz CT molecular complexity index is 883. The summed E-state index contributed by atoms with van der Waals surface area (Å²) in [6, 6.07) is 11.5. The van der Waals surface area contributed by atoms with Crippen molar-refractivity contribution in [1.29, 1.82) is 0 Å². The average Bonchev–Trinajstić information content (AvgIpc) is 3.11. The minimum Gasteiger partial charge on any atom is -0.370 e. The van der Waals surface area contributed by atoms with Crippen molar-refractivity contribution in [3.8, 4) is 21.7 Å². The van der Waals surface area contributed by atoms with Crippen molar-refractivity contribution < 1.29 is 4.79 Å². The Labute approximate surface area is 143 Å². The number of nitrogens with two attached hydrogens (primary N) is 1. The van der Waals surface area contributed by atoms with E-state index >= 15 is 0 Å². The highest BCUT2D eigenvalue weighted by Crippen LogP contribution is 2.25. The molecule has 2 heterocycles. The van der Waals surface area contributed by atoms with E-state index in [0.29, 0.717) is 13.0 Å². The van der Waals surface area contributed by atoms with Gasteiger partial charge in [0.05, 0.1) is 0 Å². The largest absolute Gasteiger partial charge is 0.370 e. The first-order valence-corrected chi connectivity index (χ1v) is 8.50. The number of hydrogen-bond acceptors (Lipinski definition) is 4. The number of nitrogens with zero attached hydrogens (tertiary/aromatic N) is 2. The highest BCUT2D eigenvalue weighted by molar-refractivity contribution is 7.13. The number of carbonyl (C=O) groups is 1. The number of benzene rings is 1. The van der Waals surface area contributed by atoms with Gasteiger partial charge in [-0.25, -0.2) is 4.98 Å². The number of rotatable bonds is 6. The molecular formula is C18H17N3O2S. The number of pyridine rings is 1. The average molecular weight is 339 g/mol. The van der Waals surface area contributed by atoms with Gasteiger partial charge in [0, 0.05) is 42.4 Å². The van der Waals surface area contributed by atoms with Crippen LogP contribution in [0.2, 0.25) is 0 Å². The summed E-state index contributed by atoms with van der Waals surface area (Å²) in [5, 5.41) is 2.92. The smallest absolute Gasteiger partial charge is 0.251 e. The number of thiazole rings is 1. The lowest BCUT2D eigenvalue weighted by Gasteiger charge is -2.07. The number of aryl methyl sites for hydroxylation is 1. The number of primary amides is 1. The van der Waals surface area contributed by atoms with Crippen molar-refractivity contribution in [2.45, 2.75) is 19.4 Å². The van der Waals surface area contributed by atoms with Crippen LogP contribution in [0, 0.1) is 0 Å². The molecule has 2 N–H and O–H groups in total. The fraction of sp³-hybridized carbons (Fsp3) is 0.167. The lowest BCUT2D eigenvalue weighted by atomic mass is 10.1. The van der Waals surface area contributed by atoms with Gasteiger partial charge in [-0.3, -0.25) is 9.59 Å². The number of hydrogen-bond donors (Lipinski definition) is 1. The molecule has 0 spiro atoms. The van der Waals surface area contributed by atoms with Gasteiger partial charge in [-0.05, 0) is 23.6 Å². The molecular weight excluding hydrogens is 322 g/mol. The summed E-state index contributed by atoms with van der Waals surface area (Å²) < 4.78 is 1.59. The van der Waals surface area contributed by atoms with Crippen molar-refractivity contribution >= 4 is 17.2 Å². The second-order valence-electron chi connectivity index (χ2n) is 5.43. The lowest BCUT2D eigenvalue weighted by Crippen LogP contribution is -2.20. The Hall–Kier alpha value is -2.73. The summed E-state index contributed by atoms with van der Waals surface area (Å²) in [6.07, 6.45) is 4.39. The van der Waals surface area contributed by atoms with E-state index in [4.69, 9.17) is 5.73 Å². The van der Waals surface area contributed by atoms with Crippen molar-refractivity contribution in [2.75, 3.05) is 0 Å². The fourth-order valence-electron chi connectivity index (χ4n) is 2.47. The van der Waals surface area contributed by atoms with E-state index in [1.54, 1.807) is 34.4 Å². The number of amides is 1. The zero-order valence-electron chi connectivity index (χ0n) is 13.0. The monoisotopic (exact) mass is 339 g/mol. The standard InChI is InChI=1S/C18H17N3O2S/c19-16(22)2-1-9-21-10-7-15(12-17(21)23)13-3-5-14(6-4-13)18-20-8-11-24-18/h3-8,10-12H,1-2,9H2,(H2,19,22). The van der Waals surface area contributed by atoms with Gasteiger partial charge in [-0.15, -0.1) is 11.3 Å². The molecule has 1 aromatic carbocycles. The predicted molar refractivity (Wildman–Crippen MR) is 95.7 cm³/mol. The van der Waals surface area contributed by atoms with Crippen molar-refractivity contribution in [2.24, 2.45) is 5.73 Å². The zero-order valence-corrected chi connectivity index (χ0v) is 13.8. The molecule has 0 unspecified atom stereocenters. The molecule has 0 aliphatic heterocycles. The van der Waals surface area contributed by atoms with Crippen LogP contribution in [0.5, 0.6) is 0 Å². The third-order valence-electron chi connectivity index (χ3n) is 3.72. The molecule has 24 heavy (non-hydrogen) atoms. The van der Waals surface area contributed by atoms with Crippen LogP contribution < -0.4 is 11.3 Å². The lowest BCUT2D eigenvalue weighted by molar-refractivity contribution is -0.118. The molecule has 3 rings (SSSR count). The van der Waals surface area contributed by atoms with Gasteiger partial charge in [-0.1, -0.05) is 24.3 Å². The van der Waals surface area contributed by atoms with Gasteiger partial charge in [0.25, 0.3) is 5.56 Å². The molecule has 2 aromatic heterocycles. The van der Waals surface area contributed by atoms with E-state index in [2.05, 4.69) is 4.98 Å². The highest BCUT2D eigenvalue weighted by atomic mass is 32.1. The first-order chi connectivity index (χ1) is 11.6. The van der Waals surface area contributed by atoms with E-state index in [-0.39, 0.29) is 17.9 Å². The minimum absolute atomic E-state index is 0.0824. The van der Waals surface area contributed by atoms with E-state index < -0.39 is 0 Å². The van der Waals surface area contributed by atoms with Gasteiger partial charge in [0.15, 0.2) is 0 Å². The van der Waals surface area contributed by atoms with Crippen LogP contribution in [-0.4, -0.2) is 15.5 Å². The van der Waals surface area contributed by atoms with Crippen LogP contribution >= 0.6 is 11.3 Å². The van der Waals surface area contributed by atoms with Gasteiger partial charge in [0.1, 0.15) is 5.01 Å². The normalized spacial score (nSPS) is 10.7. The first-order valence-electron chi connectivity index (χ1n) is 7.62. The van der Waals surface area contributed by atoms with E-state index in [9.17, 15) is 9.59 Å². The molecule has 3 aromatic rings. The summed E-state index contributed by atoms with van der Waals surface area (Å²) in [6.45, 7) is 0.491. The van der Waals surface area contributed by atoms with Crippen molar-refractivity contribution in [3.63, 3.8) is 0 Å². The molecule has 6 heteroatoms. The Kier molecular flexibility index (Phi) is 4.86. The molecule has 122 valence electrons. The molecule has 0 aliphatic carbocycles. The summed E-state index contributed by atoms with van der Waals surface area (Å²) >= 11 is 1.59. The first kappa shape index (κ1) is 16.1. The Balaban J connectivity index is 1.76. The molecule has 0 bridgehead atoms. The predicted octanol–water partition coefficient (Wildman–Crippen LogP) is 2.90. The van der Waals surface area contributed by atoms with E-state index in [1.807, 2.05) is 35.7 Å². The highest BCUT2D eigenvalue weighted by Gasteiger charge is 2.04. The molecule has 0 atom stereocenters. The van der Waals surface area contributed by atoms with E-state index in [0.717, 1.165) is 21.7 Å².